The lowest BCUT2D eigenvalue weighted by molar-refractivity contribution is -0.504. The molecule has 3 nitrogen and oxygen atoms in total. The fourth-order valence-electron chi connectivity index (χ4n) is 2.86. The van der Waals surface area contributed by atoms with Crippen LogP contribution in [0.5, 0.6) is 0 Å². The summed E-state index contributed by atoms with van der Waals surface area (Å²) < 4.78 is 2.45. The summed E-state index contributed by atoms with van der Waals surface area (Å²) in [6, 6.07) is 6.63. The van der Waals surface area contributed by atoms with E-state index in [4.69, 9.17) is 0 Å². The summed E-state index contributed by atoms with van der Waals surface area (Å²) >= 11 is 0. The van der Waals surface area contributed by atoms with Crippen LogP contribution in [0.25, 0.3) is 10.9 Å². The fraction of sp³-hybridized carbons (Fsp3) is 0.471. The van der Waals surface area contributed by atoms with E-state index in [0.29, 0.717) is 0 Å². The van der Waals surface area contributed by atoms with Crippen molar-refractivity contribution >= 4 is 16.6 Å². The van der Waals surface area contributed by atoms with Gasteiger partial charge in [0.25, 0.3) is 0 Å². The molecule has 0 aliphatic carbocycles. The summed E-state index contributed by atoms with van der Waals surface area (Å²) in [5.41, 5.74) is 5.32. The van der Waals surface area contributed by atoms with Crippen LogP contribution in [-0.4, -0.2) is 29.1 Å². The van der Waals surface area contributed by atoms with Crippen molar-refractivity contribution in [2.45, 2.75) is 34.2 Å². The lowest BCUT2D eigenvalue weighted by Gasteiger charge is -2.19. The Hall–Kier alpha value is -1.32. The first-order valence-corrected chi connectivity index (χ1v) is 7.56. The summed E-state index contributed by atoms with van der Waals surface area (Å²) in [5.74, 6) is 0. The van der Waals surface area contributed by atoms with E-state index in [0.717, 1.165) is 26.2 Å². The fourth-order valence-corrected chi connectivity index (χ4v) is 2.86. The third-order valence-corrected chi connectivity index (χ3v) is 4.43. The molecular weight excluding hydrogens is 246 g/mol. The van der Waals surface area contributed by atoms with Crippen molar-refractivity contribution in [2.75, 3.05) is 19.6 Å². The van der Waals surface area contributed by atoms with E-state index in [2.05, 4.69) is 62.4 Å². The number of quaternary nitrogens is 1. The number of likely N-dealkylation sites (N-methyl/N-ethyl adjacent to an activating group) is 1. The maximum Gasteiger partial charge on any atom is 0.104 e. The molecule has 0 saturated heterocycles. The molecule has 0 bridgehead atoms. The van der Waals surface area contributed by atoms with Crippen LogP contribution in [0.2, 0.25) is 0 Å². The van der Waals surface area contributed by atoms with Gasteiger partial charge in [-0.1, -0.05) is 13.8 Å². The Balaban J connectivity index is 2.35. The monoisotopic (exact) mass is 273 g/mol. The van der Waals surface area contributed by atoms with Crippen LogP contribution < -0.4 is 5.32 Å². The molecule has 0 spiro atoms. The lowest BCUT2D eigenvalue weighted by Crippen LogP contribution is -2.69. The first kappa shape index (κ1) is 15.1. The second-order valence-electron chi connectivity index (χ2n) is 5.37. The van der Waals surface area contributed by atoms with Crippen LogP contribution >= 0.6 is 0 Å². The van der Waals surface area contributed by atoms with Gasteiger partial charge in [0, 0.05) is 35.8 Å². The molecule has 0 aliphatic rings. The zero-order valence-corrected chi connectivity index (χ0v) is 13.2. The Labute approximate surface area is 122 Å². The molecule has 0 amide bonds. The number of nitrogens with two attached hydrogens (primary N) is 1. The van der Waals surface area contributed by atoms with Gasteiger partial charge in [-0.3, -0.25) is 0 Å². The molecule has 0 atom stereocenters. The largest absolute Gasteiger partial charge is 0.446 e. The van der Waals surface area contributed by atoms with Crippen molar-refractivity contribution in [3.8, 4) is 0 Å². The first-order valence-electron chi connectivity index (χ1n) is 7.56. The summed E-state index contributed by atoms with van der Waals surface area (Å²) in [6.45, 7) is 13.3. The van der Waals surface area contributed by atoms with Gasteiger partial charge in [-0.25, -0.2) is 0 Å². The van der Waals surface area contributed by atoms with Crippen molar-refractivity contribution in [2.24, 2.45) is 0 Å². The highest BCUT2D eigenvalue weighted by molar-refractivity contribution is 5.87. The standard InChI is InChI=1S/C17H27N3/c1-6-19(7-2)10-11-20-14(4)13(3)16-12-15(18-5)8-9-17(16)20/h8-9,12H,5-7,10-11,18H2,1-4H3. The van der Waals surface area contributed by atoms with Crippen molar-refractivity contribution in [3.05, 3.63) is 36.5 Å². The Morgan fingerprint density at radius 1 is 1.20 bits per heavy atom. The summed E-state index contributed by atoms with van der Waals surface area (Å²) in [6.07, 6.45) is 0. The van der Waals surface area contributed by atoms with Crippen LogP contribution in [0, 0.1) is 20.9 Å². The Morgan fingerprint density at radius 2 is 1.90 bits per heavy atom. The van der Waals surface area contributed by atoms with Gasteiger partial charge in [-0.15, -0.1) is 7.05 Å². The zero-order valence-electron chi connectivity index (χ0n) is 13.2. The topological polar surface area (TPSA) is 24.8 Å². The van der Waals surface area contributed by atoms with Gasteiger partial charge in [0.05, 0.1) is 0 Å². The molecule has 0 saturated carbocycles. The number of hydrogen-bond acceptors (Lipinski definition) is 1. The second-order valence-corrected chi connectivity index (χ2v) is 5.37. The maximum atomic E-state index is 3.86. The average molecular weight is 273 g/mol. The van der Waals surface area contributed by atoms with Crippen LogP contribution in [0.15, 0.2) is 18.2 Å². The van der Waals surface area contributed by atoms with E-state index in [1.807, 2.05) is 5.32 Å². The molecule has 20 heavy (non-hydrogen) atoms. The summed E-state index contributed by atoms with van der Waals surface area (Å²) in [5, 5.41) is 3.28. The van der Waals surface area contributed by atoms with Crippen molar-refractivity contribution in [1.82, 2.24) is 9.47 Å². The molecular formula is C17H27N3. The smallest absolute Gasteiger partial charge is 0.104 e. The molecule has 0 radical (unpaired) electrons. The predicted molar refractivity (Wildman–Crippen MR) is 86.1 cm³/mol. The molecule has 0 fully saturated rings. The third kappa shape index (κ3) is 2.74. The molecule has 1 aromatic heterocycles. The van der Waals surface area contributed by atoms with E-state index >= 15 is 0 Å². The van der Waals surface area contributed by atoms with Crippen LogP contribution in [0.4, 0.5) is 5.69 Å². The molecule has 2 N–H and O–H groups in total. The van der Waals surface area contributed by atoms with Crippen LogP contribution in [-0.2, 0) is 6.54 Å². The minimum absolute atomic E-state index is 1.06. The lowest BCUT2D eigenvalue weighted by atomic mass is 10.1. The summed E-state index contributed by atoms with van der Waals surface area (Å²) in [4.78, 5) is 2.47. The number of hydrogen-bond donors (Lipinski definition) is 1. The summed E-state index contributed by atoms with van der Waals surface area (Å²) in [7, 11) is 3.86. The van der Waals surface area contributed by atoms with Gasteiger partial charge in [-0.2, -0.15) is 0 Å². The minimum atomic E-state index is 1.06. The van der Waals surface area contributed by atoms with E-state index in [-0.39, 0.29) is 0 Å². The first-order chi connectivity index (χ1) is 9.62. The number of rotatable bonds is 6. The van der Waals surface area contributed by atoms with Gasteiger partial charge in [0.1, 0.15) is 5.69 Å². The highest BCUT2D eigenvalue weighted by atomic mass is 15.1. The van der Waals surface area contributed by atoms with Crippen molar-refractivity contribution in [1.29, 1.82) is 0 Å². The van der Waals surface area contributed by atoms with Crippen molar-refractivity contribution < 1.29 is 5.32 Å². The van der Waals surface area contributed by atoms with Crippen molar-refractivity contribution in [3.63, 3.8) is 0 Å². The molecule has 2 rings (SSSR count). The van der Waals surface area contributed by atoms with Crippen LogP contribution in [0.1, 0.15) is 25.1 Å². The van der Waals surface area contributed by atoms with Gasteiger partial charge < -0.3 is 14.8 Å². The number of aromatic nitrogens is 1. The van der Waals surface area contributed by atoms with E-state index in [9.17, 15) is 0 Å². The highest BCUT2D eigenvalue weighted by Gasteiger charge is 2.12. The average Bonchev–Trinajstić information content (AvgIpc) is 2.72. The number of benzene rings is 1. The van der Waals surface area contributed by atoms with Gasteiger partial charge >= 0.3 is 0 Å². The van der Waals surface area contributed by atoms with E-state index < -0.39 is 0 Å². The number of nitrogens with zero attached hydrogens (tertiary/aromatic N) is 2. The SMILES string of the molecule is [CH2-][NH2+]c1ccc2c(c1)c(C)c(C)n2CCN(CC)CC. The van der Waals surface area contributed by atoms with E-state index in [1.54, 1.807) is 0 Å². The quantitative estimate of drug-likeness (QED) is 0.635. The highest BCUT2D eigenvalue weighted by Crippen LogP contribution is 2.26. The van der Waals surface area contributed by atoms with Gasteiger partial charge in [-0.05, 0) is 44.6 Å². The Bertz CT molecular complexity index is 579. The van der Waals surface area contributed by atoms with Gasteiger partial charge in [0.2, 0.25) is 0 Å². The minimum Gasteiger partial charge on any atom is -0.446 e. The Morgan fingerprint density at radius 3 is 2.50 bits per heavy atom. The molecule has 0 unspecified atom stereocenters. The molecule has 110 valence electrons. The van der Waals surface area contributed by atoms with Crippen LogP contribution in [0.3, 0.4) is 0 Å². The maximum absolute atomic E-state index is 3.86. The predicted octanol–water partition coefficient (Wildman–Crippen LogP) is 2.59. The molecule has 1 heterocycles. The van der Waals surface area contributed by atoms with Gasteiger partial charge in [0.15, 0.2) is 0 Å². The molecule has 1 aromatic carbocycles. The molecule has 3 heteroatoms. The molecule has 2 aromatic rings. The third-order valence-electron chi connectivity index (χ3n) is 4.43. The number of fused-ring (bicyclic) bond motifs is 1. The molecule has 0 aliphatic heterocycles. The van der Waals surface area contributed by atoms with E-state index in [1.165, 1.54) is 27.8 Å². The normalized spacial score (nSPS) is 11.7. The second kappa shape index (κ2) is 6.42. The Kier molecular flexibility index (Phi) is 4.84. The zero-order chi connectivity index (χ0) is 14.7. The number of aryl methyl sites for hydroxylation is 1.